The number of hydrogen-bond acceptors (Lipinski definition) is 4. The van der Waals surface area contributed by atoms with E-state index >= 15 is 0 Å². The van der Waals surface area contributed by atoms with Crippen molar-refractivity contribution in [3.05, 3.63) is 23.3 Å². The summed E-state index contributed by atoms with van der Waals surface area (Å²) in [6, 6.07) is 2.85. The molecule has 2 rings (SSSR count). The van der Waals surface area contributed by atoms with Gasteiger partial charge in [-0.05, 0) is 64.5 Å². The van der Waals surface area contributed by atoms with Gasteiger partial charge in [-0.2, -0.15) is 13.2 Å². The van der Waals surface area contributed by atoms with Crippen LogP contribution < -0.4 is 4.74 Å². The highest BCUT2D eigenvalue weighted by atomic mass is 19.4. The van der Waals surface area contributed by atoms with Crippen LogP contribution in [0.3, 0.4) is 0 Å². The number of nitrogens with zero attached hydrogens (tertiary/aromatic N) is 2. The van der Waals surface area contributed by atoms with Gasteiger partial charge in [0.2, 0.25) is 0 Å². The predicted octanol–water partition coefficient (Wildman–Crippen LogP) is 6.13. The largest absolute Gasteiger partial charge is 0.496 e. The Kier molecular flexibility index (Phi) is 9.61. The minimum absolute atomic E-state index is 0.0123. The molecule has 0 spiro atoms. The molecule has 0 heterocycles. The SMILES string of the molecule is CCCC(C)OC1CCC(C(O)(c2cc(C)c(/N=C/N(C)CC)cc2OC)C(F)(F)F)CC1. The smallest absolute Gasteiger partial charge is 0.421 e. The van der Waals surface area contributed by atoms with Gasteiger partial charge in [-0.15, -0.1) is 0 Å². The van der Waals surface area contributed by atoms with Crippen LogP contribution in [0.4, 0.5) is 18.9 Å². The molecule has 1 aromatic rings. The molecule has 0 saturated heterocycles. The van der Waals surface area contributed by atoms with Crippen LogP contribution in [0.2, 0.25) is 0 Å². The molecule has 1 aromatic carbocycles. The molecule has 5 nitrogen and oxygen atoms in total. The third kappa shape index (κ3) is 6.41. The summed E-state index contributed by atoms with van der Waals surface area (Å²) < 4.78 is 54.7. The highest BCUT2D eigenvalue weighted by Gasteiger charge is 2.61. The highest BCUT2D eigenvalue weighted by molar-refractivity contribution is 5.65. The maximum atomic E-state index is 14.5. The zero-order valence-corrected chi connectivity index (χ0v) is 20.7. The van der Waals surface area contributed by atoms with Crippen LogP contribution in [-0.4, -0.2) is 55.4 Å². The predicted molar refractivity (Wildman–Crippen MR) is 125 cm³/mol. The summed E-state index contributed by atoms with van der Waals surface area (Å²) in [5, 5.41) is 11.3. The Labute approximate surface area is 196 Å². The van der Waals surface area contributed by atoms with Crippen LogP contribution in [0.15, 0.2) is 17.1 Å². The van der Waals surface area contributed by atoms with E-state index < -0.39 is 17.7 Å². The molecule has 2 unspecified atom stereocenters. The van der Waals surface area contributed by atoms with Crippen LogP contribution in [0, 0.1) is 12.8 Å². The second-order valence-corrected chi connectivity index (χ2v) is 9.13. The molecule has 0 radical (unpaired) electrons. The van der Waals surface area contributed by atoms with E-state index in [1.165, 1.54) is 19.2 Å². The summed E-state index contributed by atoms with van der Waals surface area (Å²) in [4.78, 5) is 6.23. The number of aliphatic hydroxyl groups is 1. The summed E-state index contributed by atoms with van der Waals surface area (Å²) >= 11 is 0. The maximum Gasteiger partial charge on any atom is 0.421 e. The van der Waals surface area contributed by atoms with Gasteiger partial charge in [0.1, 0.15) is 5.75 Å². The van der Waals surface area contributed by atoms with Crippen molar-refractivity contribution in [3.63, 3.8) is 0 Å². The van der Waals surface area contributed by atoms with E-state index in [0.29, 0.717) is 24.1 Å². The van der Waals surface area contributed by atoms with Gasteiger partial charge in [0.05, 0.1) is 31.3 Å². The molecular weight excluding hydrogens is 433 g/mol. The van der Waals surface area contributed by atoms with Crippen molar-refractivity contribution in [2.75, 3.05) is 20.7 Å². The monoisotopic (exact) mass is 472 g/mol. The Morgan fingerprint density at radius 2 is 1.85 bits per heavy atom. The molecule has 0 bridgehead atoms. The van der Waals surface area contributed by atoms with E-state index in [1.54, 1.807) is 13.3 Å². The van der Waals surface area contributed by atoms with E-state index in [2.05, 4.69) is 11.9 Å². The summed E-state index contributed by atoms with van der Waals surface area (Å²) in [7, 11) is 3.17. The van der Waals surface area contributed by atoms with Gasteiger partial charge in [-0.3, -0.25) is 0 Å². The number of aliphatic imine (C=N–C) groups is 1. The zero-order chi connectivity index (χ0) is 24.8. The topological polar surface area (TPSA) is 54.3 Å². The molecule has 0 aromatic heterocycles. The van der Waals surface area contributed by atoms with Gasteiger partial charge in [-0.25, -0.2) is 4.99 Å². The minimum Gasteiger partial charge on any atom is -0.496 e. The van der Waals surface area contributed by atoms with Crippen molar-refractivity contribution in [2.45, 2.75) is 90.2 Å². The fourth-order valence-electron chi connectivity index (χ4n) is 4.55. The van der Waals surface area contributed by atoms with Crippen LogP contribution in [-0.2, 0) is 10.3 Å². The number of ether oxygens (including phenoxy) is 2. The van der Waals surface area contributed by atoms with Crippen LogP contribution in [0.5, 0.6) is 5.75 Å². The number of halogens is 3. The first-order chi connectivity index (χ1) is 15.5. The van der Waals surface area contributed by atoms with Crippen molar-refractivity contribution in [3.8, 4) is 5.75 Å². The Morgan fingerprint density at radius 1 is 1.21 bits per heavy atom. The molecule has 1 N–H and O–H groups in total. The van der Waals surface area contributed by atoms with Crippen LogP contribution in [0.25, 0.3) is 0 Å². The molecule has 1 saturated carbocycles. The first-order valence-corrected chi connectivity index (χ1v) is 11.9. The van der Waals surface area contributed by atoms with Gasteiger partial charge in [0.25, 0.3) is 0 Å². The molecule has 2 atom stereocenters. The molecule has 0 amide bonds. The zero-order valence-electron chi connectivity index (χ0n) is 20.7. The molecule has 0 aliphatic heterocycles. The van der Waals surface area contributed by atoms with Crippen LogP contribution >= 0.6 is 0 Å². The Balaban J connectivity index is 2.36. The molecule has 1 aliphatic carbocycles. The number of methoxy groups -OCH3 is 1. The first kappa shape index (κ1) is 27.4. The summed E-state index contributed by atoms with van der Waals surface area (Å²) in [5.41, 5.74) is -2.21. The van der Waals surface area contributed by atoms with E-state index in [0.717, 1.165) is 19.4 Å². The van der Waals surface area contributed by atoms with Gasteiger partial charge >= 0.3 is 6.18 Å². The van der Waals surface area contributed by atoms with Gasteiger partial charge in [0.15, 0.2) is 5.60 Å². The lowest BCUT2D eigenvalue weighted by Gasteiger charge is -2.42. The number of benzene rings is 1. The second kappa shape index (κ2) is 11.6. The van der Waals surface area contributed by atoms with Crippen molar-refractivity contribution < 1.29 is 27.8 Å². The van der Waals surface area contributed by atoms with E-state index in [9.17, 15) is 18.3 Å². The number of alkyl halides is 3. The summed E-state index contributed by atoms with van der Waals surface area (Å²) in [6.45, 7) is 8.48. The molecule has 8 heteroatoms. The minimum atomic E-state index is -4.85. The lowest BCUT2D eigenvalue weighted by atomic mass is 9.71. The maximum absolute atomic E-state index is 14.5. The number of rotatable bonds is 10. The third-order valence-electron chi connectivity index (χ3n) is 6.64. The van der Waals surface area contributed by atoms with Gasteiger partial charge in [-0.1, -0.05) is 13.3 Å². The quantitative estimate of drug-likeness (QED) is 0.329. The fraction of sp³-hybridized carbons (Fsp3) is 0.720. The van der Waals surface area contributed by atoms with Crippen molar-refractivity contribution in [1.82, 2.24) is 4.90 Å². The van der Waals surface area contributed by atoms with Gasteiger partial charge < -0.3 is 19.5 Å². The number of hydrogen-bond donors (Lipinski definition) is 1. The van der Waals surface area contributed by atoms with Gasteiger partial charge in [0, 0.05) is 31.1 Å². The molecule has 1 fully saturated rings. The van der Waals surface area contributed by atoms with Crippen molar-refractivity contribution >= 4 is 12.0 Å². The first-order valence-electron chi connectivity index (χ1n) is 11.9. The fourth-order valence-corrected chi connectivity index (χ4v) is 4.55. The second-order valence-electron chi connectivity index (χ2n) is 9.13. The number of aryl methyl sites for hydroxylation is 1. The van der Waals surface area contributed by atoms with E-state index in [1.807, 2.05) is 25.8 Å². The Hall–Kier alpha value is -1.80. The average Bonchev–Trinajstić information content (AvgIpc) is 2.77. The lowest BCUT2D eigenvalue weighted by molar-refractivity contribution is -0.292. The normalized spacial score (nSPS) is 22.2. The average molecular weight is 473 g/mol. The molecule has 188 valence electrons. The molecule has 33 heavy (non-hydrogen) atoms. The van der Waals surface area contributed by atoms with Crippen molar-refractivity contribution in [1.29, 1.82) is 0 Å². The van der Waals surface area contributed by atoms with Crippen LogP contribution in [0.1, 0.15) is 70.4 Å². The third-order valence-corrected chi connectivity index (χ3v) is 6.64. The Bertz CT molecular complexity index is 792. The molecule has 1 aliphatic rings. The summed E-state index contributed by atoms with van der Waals surface area (Å²) in [5.74, 6) is -0.991. The van der Waals surface area contributed by atoms with Crippen molar-refractivity contribution in [2.24, 2.45) is 10.9 Å². The standard InChI is InChI=1S/C25H39F3N2O3/c1-7-9-18(4)33-20-12-10-19(11-13-20)24(31,25(26,27)28)21-14-17(3)22(15-23(21)32-6)29-16-30(5)8-2/h14-16,18-20,31H,7-13H2,1-6H3/b29-16+. The van der Waals surface area contributed by atoms with E-state index in [-0.39, 0.29) is 36.4 Å². The van der Waals surface area contributed by atoms with E-state index in [4.69, 9.17) is 9.47 Å². The Morgan fingerprint density at radius 3 is 2.36 bits per heavy atom. The molecular formula is C25H39F3N2O3. The summed E-state index contributed by atoms with van der Waals surface area (Å²) in [6.07, 6.45) is 0.132. The highest BCUT2D eigenvalue weighted by Crippen LogP contribution is 2.52. The lowest BCUT2D eigenvalue weighted by Crippen LogP contribution is -2.50.